The molecular formula is C25H34N3O10PS. The lowest BCUT2D eigenvalue weighted by molar-refractivity contribution is -0.163. The lowest BCUT2D eigenvalue weighted by Crippen LogP contribution is -2.49. The summed E-state index contributed by atoms with van der Waals surface area (Å²) < 4.78 is 29.7. The lowest BCUT2D eigenvalue weighted by atomic mass is 9.96. The summed E-state index contributed by atoms with van der Waals surface area (Å²) >= 11 is 5.72. The van der Waals surface area contributed by atoms with Gasteiger partial charge in [-0.05, 0) is 51.6 Å². The van der Waals surface area contributed by atoms with Gasteiger partial charge in [0.2, 0.25) is 0 Å². The molecule has 220 valence electrons. The van der Waals surface area contributed by atoms with Crippen LogP contribution in [0.1, 0.15) is 47.3 Å². The van der Waals surface area contributed by atoms with Gasteiger partial charge in [0.25, 0.3) is 5.56 Å². The maximum Gasteiger partial charge on any atom is 0.330 e. The van der Waals surface area contributed by atoms with E-state index in [-0.39, 0.29) is 19.1 Å². The van der Waals surface area contributed by atoms with Crippen molar-refractivity contribution in [2.75, 3.05) is 6.61 Å². The maximum atomic E-state index is 12.5. The molecule has 1 aliphatic rings. The molecule has 15 heteroatoms. The minimum absolute atomic E-state index is 0.00948. The molecule has 0 amide bonds. The summed E-state index contributed by atoms with van der Waals surface area (Å²) in [5.74, 6) is -0.831. The molecule has 0 spiro atoms. The Hall–Kier alpha value is -2.87. The van der Waals surface area contributed by atoms with E-state index in [4.69, 9.17) is 35.1 Å². The van der Waals surface area contributed by atoms with Crippen molar-refractivity contribution in [1.82, 2.24) is 14.6 Å². The Morgan fingerprint density at radius 1 is 1.23 bits per heavy atom. The van der Waals surface area contributed by atoms with Crippen LogP contribution < -0.4 is 20.9 Å². The van der Waals surface area contributed by atoms with Gasteiger partial charge in [0.1, 0.15) is 23.5 Å². The van der Waals surface area contributed by atoms with Crippen molar-refractivity contribution in [1.29, 1.82) is 0 Å². The van der Waals surface area contributed by atoms with Gasteiger partial charge in [0.05, 0.1) is 12.7 Å². The zero-order valence-corrected chi connectivity index (χ0v) is 24.5. The first-order valence-corrected chi connectivity index (χ1v) is 15.3. The third-order valence-electron chi connectivity index (χ3n) is 5.80. The molecule has 2 unspecified atom stereocenters. The van der Waals surface area contributed by atoms with E-state index < -0.39 is 59.9 Å². The van der Waals surface area contributed by atoms with E-state index in [0.717, 1.165) is 16.8 Å². The van der Waals surface area contributed by atoms with Crippen molar-refractivity contribution in [3.05, 3.63) is 63.4 Å². The molecule has 40 heavy (non-hydrogen) atoms. The van der Waals surface area contributed by atoms with Crippen molar-refractivity contribution in [2.45, 2.75) is 77.2 Å². The first kappa shape index (κ1) is 31.7. The number of carbonyl (C=O) groups is 2. The highest BCUT2D eigenvalue weighted by molar-refractivity contribution is 8.09. The van der Waals surface area contributed by atoms with Gasteiger partial charge >= 0.3 is 24.3 Å². The number of ether oxygens (including phenoxy) is 3. The monoisotopic (exact) mass is 599 g/mol. The predicted molar refractivity (Wildman–Crippen MR) is 147 cm³/mol. The smallest absolute Gasteiger partial charge is 0.330 e. The largest absolute Gasteiger partial charge is 0.462 e. The molecule has 0 saturated carbocycles. The zero-order valence-electron chi connectivity index (χ0n) is 22.8. The Morgan fingerprint density at radius 2 is 1.90 bits per heavy atom. The van der Waals surface area contributed by atoms with Crippen molar-refractivity contribution in [3.8, 4) is 5.75 Å². The summed E-state index contributed by atoms with van der Waals surface area (Å²) in [5, 5.41) is 14.3. The third kappa shape index (κ3) is 7.87. The minimum Gasteiger partial charge on any atom is -0.462 e. The first-order chi connectivity index (χ1) is 18.8. The summed E-state index contributed by atoms with van der Waals surface area (Å²) in [6.45, 7) is 4.02. The molecule has 3 N–H and O–H groups in total. The number of carbonyl (C=O) groups excluding carboxylic acids is 2. The number of aromatic nitrogens is 2. The SMILES string of the molecule is CCC(=O)O[C@@H]1[C@@H](COP(=S)(NC(C)C(=O)OC(C)C)Oc2ccccc2)O[C@@H](n2ccc(=O)[nH]c2=O)[C@]1(C)O. The fourth-order valence-electron chi connectivity index (χ4n) is 3.90. The summed E-state index contributed by atoms with van der Waals surface area (Å²) in [4.78, 5) is 50.9. The van der Waals surface area contributed by atoms with E-state index in [1.54, 1.807) is 58.0 Å². The number of esters is 2. The average Bonchev–Trinajstić information content (AvgIpc) is 3.12. The van der Waals surface area contributed by atoms with Gasteiger partial charge in [-0.2, -0.15) is 0 Å². The molecule has 2 aromatic rings. The normalized spacial score (nSPS) is 24.7. The van der Waals surface area contributed by atoms with E-state index in [1.165, 1.54) is 6.92 Å². The summed E-state index contributed by atoms with van der Waals surface area (Å²) in [6, 6.07) is 8.74. The number of nitrogens with one attached hydrogen (secondary N) is 2. The predicted octanol–water partition coefficient (Wildman–Crippen LogP) is 1.76. The highest BCUT2D eigenvalue weighted by atomic mass is 32.5. The van der Waals surface area contributed by atoms with Gasteiger partial charge in [-0.15, -0.1) is 0 Å². The summed E-state index contributed by atoms with van der Waals surface area (Å²) in [7, 11) is 0. The molecule has 1 aromatic heterocycles. The molecule has 1 saturated heterocycles. The van der Waals surface area contributed by atoms with E-state index >= 15 is 0 Å². The van der Waals surface area contributed by atoms with Crippen LogP contribution in [0.25, 0.3) is 0 Å². The van der Waals surface area contributed by atoms with Crippen LogP contribution in [0.5, 0.6) is 5.75 Å². The van der Waals surface area contributed by atoms with Crippen molar-refractivity contribution in [2.24, 2.45) is 0 Å². The second kappa shape index (κ2) is 13.2. The Morgan fingerprint density at radius 3 is 2.50 bits per heavy atom. The van der Waals surface area contributed by atoms with Crippen molar-refractivity contribution < 1.29 is 38.0 Å². The second-order valence-electron chi connectivity index (χ2n) is 9.57. The molecule has 1 aliphatic heterocycles. The Kier molecular flexibility index (Phi) is 10.4. The van der Waals surface area contributed by atoms with Crippen molar-refractivity contribution in [3.63, 3.8) is 0 Å². The lowest BCUT2D eigenvalue weighted by Gasteiger charge is -2.31. The molecule has 1 fully saturated rings. The number of rotatable bonds is 12. The van der Waals surface area contributed by atoms with E-state index in [1.807, 2.05) is 0 Å². The molecule has 6 atom stereocenters. The van der Waals surface area contributed by atoms with Gasteiger partial charge in [-0.1, -0.05) is 25.1 Å². The van der Waals surface area contributed by atoms with Crippen LogP contribution in [0.2, 0.25) is 0 Å². The first-order valence-electron chi connectivity index (χ1n) is 12.6. The highest BCUT2D eigenvalue weighted by Gasteiger charge is 2.56. The number of aliphatic hydroxyl groups is 1. The van der Waals surface area contributed by atoms with Gasteiger partial charge in [-0.25, -0.2) is 9.88 Å². The van der Waals surface area contributed by atoms with Gasteiger partial charge in [-0.3, -0.25) is 23.9 Å². The summed E-state index contributed by atoms with van der Waals surface area (Å²) in [6.07, 6.45) is -2.98. The molecule has 0 bridgehead atoms. The van der Waals surface area contributed by atoms with Crippen LogP contribution in [0.4, 0.5) is 0 Å². The van der Waals surface area contributed by atoms with E-state index in [0.29, 0.717) is 5.75 Å². The standard InChI is InChI=1S/C25H34N3O10PS/c1-6-20(30)37-21-18(36-23(25(21,5)33)28-13-12-19(29)26-24(28)32)14-34-39(40,38-17-10-8-7-9-11-17)27-16(4)22(31)35-15(2)3/h7-13,15-16,18,21,23,33H,6,14H2,1-5H3,(H,27,40)(H,26,29,32)/t16?,18-,21-,23-,25-,39?/m1/s1. The zero-order chi connectivity index (χ0) is 29.7. The Balaban J connectivity index is 1.90. The number of nitrogens with zero attached hydrogens (tertiary/aromatic N) is 1. The second-order valence-corrected chi connectivity index (χ2v) is 12.7. The number of hydrogen-bond acceptors (Lipinski definition) is 11. The maximum absolute atomic E-state index is 12.5. The highest BCUT2D eigenvalue weighted by Crippen LogP contribution is 2.47. The van der Waals surface area contributed by atoms with Crippen molar-refractivity contribution >= 4 is 30.4 Å². The van der Waals surface area contributed by atoms with Crippen LogP contribution in [-0.4, -0.2) is 63.2 Å². The number of aromatic amines is 1. The summed E-state index contributed by atoms with van der Waals surface area (Å²) in [5.41, 5.74) is -3.40. The van der Waals surface area contributed by atoms with Crippen LogP contribution >= 0.6 is 6.64 Å². The number of hydrogen-bond donors (Lipinski definition) is 3. The minimum atomic E-state index is -3.50. The van der Waals surface area contributed by atoms with Crippen LogP contribution in [0.3, 0.4) is 0 Å². The van der Waals surface area contributed by atoms with Crippen LogP contribution in [0, 0.1) is 0 Å². The Labute approximate surface area is 236 Å². The van der Waals surface area contributed by atoms with Crippen LogP contribution in [0.15, 0.2) is 52.2 Å². The van der Waals surface area contributed by atoms with Crippen LogP contribution in [-0.2, 0) is 40.1 Å². The molecular weight excluding hydrogens is 565 g/mol. The topological polar surface area (TPSA) is 167 Å². The van der Waals surface area contributed by atoms with Gasteiger partial charge in [0.15, 0.2) is 12.3 Å². The number of benzene rings is 1. The Bertz CT molecular complexity index is 1350. The van der Waals surface area contributed by atoms with Gasteiger partial charge in [0, 0.05) is 18.7 Å². The fraction of sp³-hybridized carbons (Fsp3) is 0.520. The van der Waals surface area contributed by atoms with Gasteiger partial charge < -0.3 is 28.4 Å². The molecule has 13 nitrogen and oxygen atoms in total. The fourth-order valence-corrected chi connectivity index (χ4v) is 6.32. The average molecular weight is 600 g/mol. The quantitative estimate of drug-likeness (QED) is 0.239. The molecule has 1 aromatic carbocycles. The number of para-hydroxylation sites is 1. The third-order valence-corrected chi connectivity index (χ3v) is 8.30. The van der Waals surface area contributed by atoms with E-state index in [9.17, 15) is 24.3 Å². The van der Waals surface area contributed by atoms with E-state index in [2.05, 4.69) is 10.1 Å². The molecule has 3 rings (SSSR count). The number of H-pyrrole nitrogens is 1. The molecule has 2 heterocycles. The molecule has 0 aliphatic carbocycles. The molecule has 0 radical (unpaired) electrons.